The van der Waals surface area contributed by atoms with Gasteiger partial charge in [0.1, 0.15) is 12.3 Å². The maximum Gasteiger partial charge on any atom is 0.406 e. The molecule has 0 radical (unpaired) electrons. The van der Waals surface area contributed by atoms with Crippen molar-refractivity contribution in [2.75, 3.05) is 6.54 Å². The summed E-state index contributed by atoms with van der Waals surface area (Å²) in [6, 6.07) is 0. The molecule has 0 unspecified atom stereocenters. The highest BCUT2D eigenvalue weighted by molar-refractivity contribution is 5.78. The average molecular weight is 249 g/mol. The van der Waals surface area contributed by atoms with Gasteiger partial charge in [0, 0.05) is 12.8 Å². The Morgan fingerprint density at radius 2 is 2.18 bits per heavy atom. The standard InChI is InChI=1S/C11H14F3NO2/c1-2-10(17)15(7-11(12,13)14)8-5-3-4-6-9(8)16/h3,5,16H,2,4,6-7H2,1H3. The van der Waals surface area contributed by atoms with E-state index >= 15 is 0 Å². The van der Waals surface area contributed by atoms with Crippen LogP contribution < -0.4 is 0 Å². The lowest BCUT2D eigenvalue weighted by Crippen LogP contribution is -2.38. The van der Waals surface area contributed by atoms with Gasteiger partial charge in [-0.3, -0.25) is 4.79 Å². The Kier molecular flexibility index (Phi) is 4.20. The average Bonchev–Trinajstić information content (AvgIpc) is 2.25. The molecule has 1 aliphatic rings. The van der Waals surface area contributed by atoms with Gasteiger partial charge in [0.15, 0.2) is 0 Å². The summed E-state index contributed by atoms with van der Waals surface area (Å²) in [6.07, 6.45) is -0.698. The van der Waals surface area contributed by atoms with E-state index in [1.807, 2.05) is 0 Å². The number of alkyl halides is 3. The van der Waals surface area contributed by atoms with Crippen molar-refractivity contribution < 1.29 is 23.1 Å². The van der Waals surface area contributed by atoms with Gasteiger partial charge in [-0.05, 0) is 12.5 Å². The Morgan fingerprint density at radius 3 is 2.65 bits per heavy atom. The number of hydrogen-bond acceptors (Lipinski definition) is 2. The third kappa shape index (κ3) is 3.80. The van der Waals surface area contributed by atoms with Crippen LogP contribution in [0.5, 0.6) is 0 Å². The second-order valence-corrected chi connectivity index (χ2v) is 3.72. The minimum Gasteiger partial charge on any atom is -0.510 e. The lowest BCUT2D eigenvalue weighted by Gasteiger charge is -2.26. The number of nitrogens with zero attached hydrogens (tertiary/aromatic N) is 1. The van der Waals surface area contributed by atoms with Crippen LogP contribution in [-0.2, 0) is 4.79 Å². The molecule has 0 fully saturated rings. The molecule has 0 spiro atoms. The summed E-state index contributed by atoms with van der Waals surface area (Å²) in [5.74, 6) is -0.825. The molecule has 96 valence electrons. The van der Waals surface area contributed by atoms with E-state index in [1.165, 1.54) is 13.0 Å². The van der Waals surface area contributed by atoms with Crippen molar-refractivity contribution in [3.8, 4) is 0 Å². The molecule has 0 bridgehead atoms. The molecule has 1 N–H and O–H groups in total. The predicted octanol–water partition coefficient (Wildman–Crippen LogP) is 2.91. The highest BCUT2D eigenvalue weighted by atomic mass is 19.4. The molecule has 1 rings (SSSR count). The normalized spacial score (nSPS) is 16.2. The monoisotopic (exact) mass is 249 g/mol. The number of allylic oxidation sites excluding steroid dienone is 3. The van der Waals surface area contributed by atoms with Crippen LogP contribution in [0.2, 0.25) is 0 Å². The summed E-state index contributed by atoms with van der Waals surface area (Å²) in [5, 5.41) is 9.55. The Morgan fingerprint density at radius 1 is 1.53 bits per heavy atom. The molecule has 1 amide bonds. The van der Waals surface area contributed by atoms with Crippen LogP contribution >= 0.6 is 0 Å². The fourth-order valence-electron chi connectivity index (χ4n) is 1.56. The molecule has 0 aromatic heterocycles. The number of hydrogen-bond donors (Lipinski definition) is 1. The van der Waals surface area contributed by atoms with Crippen LogP contribution in [0.3, 0.4) is 0 Å². The van der Waals surface area contributed by atoms with Crippen LogP contribution in [0, 0.1) is 0 Å². The van der Waals surface area contributed by atoms with Gasteiger partial charge in [-0.15, -0.1) is 0 Å². The Labute approximate surface area is 97.2 Å². The highest BCUT2D eigenvalue weighted by Crippen LogP contribution is 2.25. The van der Waals surface area contributed by atoms with Crippen LogP contribution in [0.15, 0.2) is 23.6 Å². The Balaban J connectivity index is 2.98. The number of amides is 1. The molecule has 0 aromatic rings. The first-order valence-electron chi connectivity index (χ1n) is 5.31. The highest BCUT2D eigenvalue weighted by Gasteiger charge is 2.34. The third-order valence-electron chi connectivity index (χ3n) is 2.35. The van der Waals surface area contributed by atoms with Gasteiger partial charge in [-0.2, -0.15) is 13.2 Å². The molecule has 0 heterocycles. The molecular formula is C11H14F3NO2. The molecule has 6 heteroatoms. The fourth-order valence-corrected chi connectivity index (χ4v) is 1.56. The van der Waals surface area contributed by atoms with Crippen molar-refractivity contribution in [1.29, 1.82) is 0 Å². The van der Waals surface area contributed by atoms with Crippen molar-refractivity contribution in [3.05, 3.63) is 23.6 Å². The molecule has 1 aliphatic carbocycles. The molecule has 0 saturated heterocycles. The molecule has 0 saturated carbocycles. The lowest BCUT2D eigenvalue weighted by atomic mass is 10.1. The molecule has 0 aliphatic heterocycles. The van der Waals surface area contributed by atoms with E-state index in [0.717, 1.165) is 0 Å². The lowest BCUT2D eigenvalue weighted by molar-refractivity contribution is -0.156. The first kappa shape index (κ1) is 13.6. The summed E-state index contributed by atoms with van der Waals surface area (Å²) in [7, 11) is 0. The van der Waals surface area contributed by atoms with E-state index in [2.05, 4.69) is 0 Å². The van der Waals surface area contributed by atoms with Crippen molar-refractivity contribution >= 4 is 5.91 Å². The maximum atomic E-state index is 12.4. The zero-order chi connectivity index (χ0) is 13.1. The van der Waals surface area contributed by atoms with Gasteiger partial charge in [0.05, 0.1) is 5.70 Å². The molecule has 0 atom stereocenters. The second kappa shape index (κ2) is 5.25. The summed E-state index contributed by atoms with van der Waals surface area (Å²) in [6.45, 7) is 0.110. The van der Waals surface area contributed by atoms with Crippen molar-refractivity contribution in [3.63, 3.8) is 0 Å². The van der Waals surface area contributed by atoms with E-state index < -0.39 is 18.6 Å². The van der Waals surface area contributed by atoms with Gasteiger partial charge in [-0.25, -0.2) is 0 Å². The van der Waals surface area contributed by atoms with E-state index in [0.29, 0.717) is 11.3 Å². The van der Waals surface area contributed by atoms with Gasteiger partial charge in [0.25, 0.3) is 0 Å². The minimum atomic E-state index is -4.48. The summed E-state index contributed by atoms with van der Waals surface area (Å²) >= 11 is 0. The van der Waals surface area contributed by atoms with Gasteiger partial charge in [-0.1, -0.05) is 13.0 Å². The summed E-state index contributed by atoms with van der Waals surface area (Å²) < 4.78 is 37.1. The zero-order valence-electron chi connectivity index (χ0n) is 9.42. The number of halogens is 3. The smallest absolute Gasteiger partial charge is 0.406 e. The largest absolute Gasteiger partial charge is 0.510 e. The molecule has 3 nitrogen and oxygen atoms in total. The quantitative estimate of drug-likeness (QED) is 0.835. The van der Waals surface area contributed by atoms with E-state index in [9.17, 15) is 23.1 Å². The number of rotatable bonds is 3. The van der Waals surface area contributed by atoms with Gasteiger partial charge >= 0.3 is 6.18 Å². The van der Waals surface area contributed by atoms with Gasteiger partial charge < -0.3 is 10.0 Å². The number of aliphatic hydroxyl groups excluding tert-OH is 1. The van der Waals surface area contributed by atoms with Gasteiger partial charge in [0.2, 0.25) is 5.91 Å². The molecular weight excluding hydrogens is 235 g/mol. The van der Waals surface area contributed by atoms with Crippen molar-refractivity contribution in [2.24, 2.45) is 0 Å². The first-order chi connectivity index (χ1) is 7.85. The summed E-state index contributed by atoms with van der Waals surface area (Å²) in [5.41, 5.74) is -0.0413. The summed E-state index contributed by atoms with van der Waals surface area (Å²) in [4.78, 5) is 12.1. The van der Waals surface area contributed by atoms with Crippen molar-refractivity contribution in [1.82, 2.24) is 4.90 Å². The first-order valence-corrected chi connectivity index (χ1v) is 5.31. The van der Waals surface area contributed by atoms with Crippen LogP contribution in [-0.4, -0.2) is 28.6 Å². The SMILES string of the molecule is CCC(=O)N(CC(F)(F)F)C1=C(O)CCC=C1. The maximum absolute atomic E-state index is 12.4. The number of aliphatic hydroxyl groups is 1. The Hall–Kier alpha value is -1.46. The van der Waals surface area contributed by atoms with Crippen LogP contribution in [0.4, 0.5) is 13.2 Å². The third-order valence-corrected chi connectivity index (χ3v) is 2.35. The zero-order valence-corrected chi connectivity index (χ0v) is 9.42. The Bertz CT molecular complexity index is 358. The van der Waals surface area contributed by atoms with E-state index in [4.69, 9.17) is 0 Å². The second-order valence-electron chi connectivity index (χ2n) is 3.72. The van der Waals surface area contributed by atoms with E-state index in [-0.39, 0.29) is 24.3 Å². The number of carbonyl (C=O) groups is 1. The van der Waals surface area contributed by atoms with Crippen LogP contribution in [0.1, 0.15) is 26.2 Å². The minimum absolute atomic E-state index is 0.0410. The predicted molar refractivity (Wildman–Crippen MR) is 56.1 cm³/mol. The molecule has 17 heavy (non-hydrogen) atoms. The topological polar surface area (TPSA) is 40.5 Å². The van der Waals surface area contributed by atoms with Crippen LogP contribution in [0.25, 0.3) is 0 Å². The number of carbonyl (C=O) groups excluding carboxylic acids is 1. The van der Waals surface area contributed by atoms with Crippen molar-refractivity contribution in [2.45, 2.75) is 32.4 Å². The fraction of sp³-hybridized carbons (Fsp3) is 0.545. The van der Waals surface area contributed by atoms with E-state index in [1.54, 1.807) is 6.08 Å². The molecule has 0 aromatic carbocycles.